The van der Waals surface area contributed by atoms with Gasteiger partial charge >= 0.3 is 0 Å². The molecule has 0 aliphatic heterocycles. The van der Waals surface area contributed by atoms with E-state index in [0.29, 0.717) is 5.88 Å². The number of nitrogens with zero attached hydrogens (tertiary/aromatic N) is 1. The van der Waals surface area contributed by atoms with Gasteiger partial charge in [0.25, 0.3) is 0 Å². The quantitative estimate of drug-likeness (QED) is 0.647. The minimum atomic E-state index is 0.523. The van der Waals surface area contributed by atoms with Crippen LogP contribution in [0.3, 0.4) is 0 Å². The summed E-state index contributed by atoms with van der Waals surface area (Å²) >= 11 is 5.65. The summed E-state index contributed by atoms with van der Waals surface area (Å²) < 4.78 is 0. The predicted molar refractivity (Wildman–Crippen MR) is 45.7 cm³/mol. The fourth-order valence-corrected chi connectivity index (χ4v) is 1.25. The van der Waals surface area contributed by atoms with E-state index in [1.165, 1.54) is 0 Å². The van der Waals surface area contributed by atoms with E-state index in [9.17, 15) is 0 Å². The van der Waals surface area contributed by atoms with Crippen molar-refractivity contribution in [3.63, 3.8) is 0 Å². The smallest absolute Gasteiger partial charge is 0.0642 e. The molecular formula is C8H7ClN2. The van der Waals surface area contributed by atoms with Crippen LogP contribution in [0.2, 0.25) is 0 Å². The van der Waals surface area contributed by atoms with Gasteiger partial charge in [0.05, 0.1) is 17.6 Å². The molecule has 0 spiro atoms. The molecule has 0 fully saturated rings. The van der Waals surface area contributed by atoms with Gasteiger partial charge in [-0.05, 0) is 12.1 Å². The summed E-state index contributed by atoms with van der Waals surface area (Å²) in [6, 6.07) is 3.99. The molecule has 2 heterocycles. The molecule has 0 amide bonds. The standard InChI is InChI=1S/C8H7ClN2/c9-4-7-3-6-1-2-10-5-8(6)11-7/h1-3,5,11H,4H2. The highest BCUT2D eigenvalue weighted by Gasteiger charge is 1.96. The number of hydrogen-bond acceptors (Lipinski definition) is 1. The van der Waals surface area contributed by atoms with Crippen molar-refractivity contribution in [2.45, 2.75) is 5.88 Å². The molecule has 56 valence electrons. The van der Waals surface area contributed by atoms with Gasteiger partial charge in [0.2, 0.25) is 0 Å². The van der Waals surface area contributed by atoms with E-state index < -0.39 is 0 Å². The van der Waals surface area contributed by atoms with Gasteiger partial charge in [-0.25, -0.2) is 0 Å². The Hall–Kier alpha value is -1.02. The van der Waals surface area contributed by atoms with Crippen LogP contribution in [0.4, 0.5) is 0 Å². The molecule has 0 aliphatic rings. The van der Waals surface area contributed by atoms with E-state index >= 15 is 0 Å². The zero-order valence-corrected chi connectivity index (χ0v) is 6.60. The van der Waals surface area contributed by atoms with E-state index in [4.69, 9.17) is 11.6 Å². The Balaban J connectivity index is 2.69. The summed E-state index contributed by atoms with van der Waals surface area (Å²) in [5, 5.41) is 1.16. The Bertz CT molecular complexity index is 334. The third-order valence-electron chi connectivity index (χ3n) is 1.62. The van der Waals surface area contributed by atoms with Crippen LogP contribution in [0.1, 0.15) is 5.69 Å². The number of nitrogens with one attached hydrogen (secondary N) is 1. The molecule has 0 saturated heterocycles. The average molecular weight is 167 g/mol. The van der Waals surface area contributed by atoms with Gasteiger partial charge in [0, 0.05) is 17.3 Å². The number of rotatable bonds is 1. The highest BCUT2D eigenvalue weighted by atomic mass is 35.5. The number of aromatic nitrogens is 2. The molecule has 0 saturated carbocycles. The van der Waals surface area contributed by atoms with Crippen molar-refractivity contribution < 1.29 is 0 Å². The van der Waals surface area contributed by atoms with Crippen molar-refractivity contribution in [2.24, 2.45) is 0 Å². The van der Waals surface area contributed by atoms with Gasteiger partial charge in [-0.15, -0.1) is 11.6 Å². The van der Waals surface area contributed by atoms with E-state index in [-0.39, 0.29) is 0 Å². The molecule has 0 aliphatic carbocycles. The lowest BCUT2D eigenvalue weighted by molar-refractivity contribution is 1.24. The molecule has 2 nitrogen and oxygen atoms in total. The first-order valence-electron chi connectivity index (χ1n) is 3.38. The summed E-state index contributed by atoms with van der Waals surface area (Å²) in [7, 11) is 0. The van der Waals surface area contributed by atoms with E-state index in [1.54, 1.807) is 12.4 Å². The van der Waals surface area contributed by atoms with Gasteiger partial charge in [0.15, 0.2) is 0 Å². The first-order valence-corrected chi connectivity index (χ1v) is 3.91. The SMILES string of the molecule is ClCc1cc2ccncc2[nH]1. The number of aromatic amines is 1. The molecule has 0 atom stereocenters. The van der Waals surface area contributed by atoms with Crippen LogP contribution in [0, 0.1) is 0 Å². The predicted octanol–water partition coefficient (Wildman–Crippen LogP) is 2.30. The van der Waals surface area contributed by atoms with Gasteiger partial charge in [-0.3, -0.25) is 4.98 Å². The second-order valence-corrected chi connectivity index (χ2v) is 2.66. The number of alkyl halides is 1. The minimum Gasteiger partial charge on any atom is -0.356 e. The van der Waals surface area contributed by atoms with Crippen LogP contribution in [0.5, 0.6) is 0 Å². The van der Waals surface area contributed by atoms with Crippen LogP contribution >= 0.6 is 11.6 Å². The first kappa shape index (κ1) is 6.68. The summed E-state index contributed by atoms with van der Waals surface area (Å²) in [6.07, 6.45) is 3.57. The monoisotopic (exact) mass is 166 g/mol. The molecule has 2 aromatic heterocycles. The lowest BCUT2D eigenvalue weighted by Gasteiger charge is -1.83. The molecule has 2 rings (SSSR count). The Morgan fingerprint density at radius 2 is 2.45 bits per heavy atom. The number of fused-ring (bicyclic) bond motifs is 1. The van der Waals surface area contributed by atoms with Crippen LogP contribution in [-0.4, -0.2) is 9.97 Å². The van der Waals surface area contributed by atoms with Crippen molar-refractivity contribution in [2.75, 3.05) is 0 Å². The van der Waals surface area contributed by atoms with E-state index in [2.05, 4.69) is 9.97 Å². The molecule has 0 unspecified atom stereocenters. The molecule has 2 aromatic rings. The number of H-pyrrole nitrogens is 1. The van der Waals surface area contributed by atoms with Crippen molar-refractivity contribution >= 4 is 22.5 Å². The zero-order valence-electron chi connectivity index (χ0n) is 5.84. The Morgan fingerprint density at radius 1 is 1.55 bits per heavy atom. The Labute approximate surface area is 69.2 Å². The zero-order chi connectivity index (χ0) is 7.68. The lowest BCUT2D eigenvalue weighted by Crippen LogP contribution is -1.73. The second-order valence-electron chi connectivity index (χ2n) is 2.39. The summed E-state index contributed by atoms with van der Waals surface area (Å²) in [6.45, 7) is 0. The maximum atomic E-state index is 5.65. The highest BCUT2D eigenvalue weighted by Crippen LogP contribution is 2.14. The van der Waals surface area contributed by atoms with Crippen LogP contribution in [0.15, 0.2) is 24.5 Å². The highest BCUT2D eigenvalue weighted by molar-refractivity contribution is 6.17. The average Bonchev–Trinajstić information content (AvgIpc) is 2.46. The summed E-state index contributed by atoms with van der Waals surface area (Å²) in [5.74, 6) is 0.523. The maximum Gasteiger partial charge on any atom is 0.0642 e. The summed E-state index contributed by atoms with van der Waals surface area (Å²) in [4.78, 5) is 7.14. The van der Waals surface area contributed by atoms with Crippen LogP contribution < -0.4 is 0 Å². The van der Waals surface area contributed by atoms with Crippen molar-refractivity contribution in [1.29, 1.82) is 0 Å². The van der Waals surface area contributed by atoms with Gasteiger partial charge < -0.3 is 4.98 Å². The summed E-state index contributed by atoms with van der Waals surface area (Å²) in [5.41, 5.74) is 2.08. The lowest BCUT2D eigenvalue weighted by atomic mass is 10.3. The normalized spacial score (nSPS) is 10.6. The topological polar surface area (TPSA) is 28.7 Å². The fourth-order valence-electron chi connectivity index (χ4n) is 1.10. The second kappa shape index (κ2) is 2.55. The minimum absolute atomic E-state index is 0.523. The van der Waals surface area contributed by atoms with E-state index in [0.717, 1.165) is 16.6 Å². The molecular weight excluding hydrogens is 160 g/mol. The van der Waals surface area contributed by atoms with Crippen LogP contribution in [0.25, 0.3) is 10.9 Å². The van der Waals surface area contributed by atoms with Gasteiger partial charge in [0.1, 0.15) is 0 Å². The molecule has 11 heavy (non-hydrogen) atoms. The Kier molecular flexibility index (Phi) is 1.55. The molecule has 0 bridgehead atoms. The molecule has 0 aromatic carbocycles. The number of pyridine rings is 1. The molecule has 0 radical (unpaired) electrons. The molecule has 3 heteroatoms. The Morgan fingerprint density at radius 3 is 3.18 bits per heavy atom. The number of hydrogen-bond donors (Lipinski definition) is 1. The van der Waals surface area contributed by atoms with E-state index in [1.807, 2.05) is 12.1 Å². The van der Waals surface area contributed by atoms with Crippen molar-refractivity contribution in [3.05, 3.63) is 30.2 Å². The van der Waals surface area contributed by atoms with Gasteiger partial charge in [-0.2, -0.15) is 0 Å². The van der Waals surface area contributed by atoms with Crippen LogP contribution in [-0.2, 0) is 5.88 Å². The number of halogens is 1. The fraction of sp³-hybridized carbons (Fsp3) is 0.125. The largest absolute Gasteiger partial charge is 0.356 e. The van der Waals surface area contributed by atoms with Crippen molar-refractivity contribution in [3.8, 4) is 0 Å². The maximum absolute atomic E-state index is 5.65. The molecule has 1 N–H and O–H groups in total. The van der Waals surface area contributed by atoms with Gasteiger partial charge in [-0.1, -0.05) is 0 Å². The third-order valence-corrected chi connectivity index (χ3v) is 1.91. The first-order chi connectivity index (χ1) is 5.40. The van der Waals surface area contributed by atoms with Crippen molar-refractivity contribution in [1.82, 2.24) is 9.97 Å². The third kappa shape index (κ3) is 1.10.